The highest BCUT2D eigenvalue weighted by atomic mass is 35.5. The Morgan fingerprint density at radius 1 is 1.00 bits per heavy atom. The first kappa shape index (κ1) is 22.7. The highest BCUT2D eigenvalue weighted by Crippen LogP contribution is 2.15. The molecule has 0 fully saturated rings. The van der Waals surface area contributed by atoms with Gasteiger partial charge >= 0.3 is 0 Å². The van der Waals surface area contributed by atoms with E-state index < -0.39 is 6.04 Å². The number of benzene rings is 2. The average Bonchev–Trinajstić information content (AvgIpc) is 2.65. The number of carbonyl (C=O) groups is 3. The molecule has 0 bridgehead atoms. The Hall–Kier alpha value is -2.57. The van der Waals surface area contributed by atoms with E-state index in [9.17, 15) is 14.4 Å². The summed E-state index contributed by atoms with van der Waals surface area (Å²) in [5.74, 6) is -1.28. The van der Waals surface area contributed by atoms with Crippen LogP contribution in [0.3, 0.4) is 0 Å². The summed E-state index contributed by atoms with van der Waals surface area (Å²) in [5.41, 5.74) is 0.939. The molecule has 0 aliphatic rings. The number of rotatable bonds is 7. The summed E-state index contributed by atoms with van der Waals surface area (Å²) < 4.78 is 0. The molecule has 0 saturated heterocycles. The third kappa shape index (κ3) is 6.76. The smallest absolute Gasteiger partial charge is 0.251 e. The summed E-state index contributed by atoms with van der Waals surface area (Å²) in [6.45, 7) is 3.49. The Labute approximate surface area is 180 Å². The maximum absolute atomic E-state index is 12.8. The van der Waals surface area contributed by atoms with Crippen molar-refractivity contribution in [3.8, 4) is 0 Å². The van der Waals surface area contributed by atoms with Crippen molar-refractivity contribution in [1.82, 2.24) is 10.2 Å². The highest BCUT2D eigenvalue weighted by molar-refractivity contribution is 6.31. The van der Waals surface area contributed by atoms with Crippen molar-refractivity contribution < 1.29 is 14.4 Å². The van der Waals surface area contributed by atoms with Gasteiger partial charge in [0.1, 0.15) is 6.04 Å². The van der Waals surface area contributed by atoms with Crippen molar-refractivity contribution in [2.45, 2.75) is 19.9 Å². The van der Waals surface area contributed by atoms with Crippen LogP contribution in [0.5, 0.6) is 0 Å². The molecule has 1 atom stereocenters. The van der Waals surface area contributed by atoms with E-state index in [1.807, 2.05) is 13.8 Å². The van der Waals surface area contributed by atoms with Crippen LogP contribution >= 0.6 is 23.2 Å². The maximum atomic E-state index is 12.8. The Kier molecular flexibility index (Phi) is 8.05. The van der Waals surface area contributed by atoms with Gasteiger partial charge in [0, 0.05) is 28.3 Å². The van der Waals surface area contributed by atoms with Gasteiger partial charge in [-0.3, -0.25) is 14.4 Å². The van der Waals surface area contributed by atoms with Gasteiger partial charge in [-0.1, -0.05) is 43.1 Å². The predicted octanol–water partition coefficient (Wildman–Crippen LogP) is 3.84. The van der Waals surface area contributed by atoms with Crippen LogP contribution in [-0.4, -0.2) is 42.3 Å². The van der Waals surface area contributed by atoms with Gasteiger partial charge < -0.3 is 15.5 Å². The minimum Gasteiger partial charge on any atom is -0.340 e. The fourth-order valence-corrected chi connectivity index (χ4v) is 2.95. The summed E-state index contributed by atoms with van der Waals surface area (Å²) in [7, 11) is 1.52. The molecule has 2 rings (SSSR count). The van der Waals surface area contributed by atoms with E-state index in [0.29, 0.717) is 21.3 Å². The van der Waals surface area contributed by atoms with Gasteiger partial charge in [0.25, 0.3) is 5.91 Å². The van der Waals surface area contributed by atoms with Gasteiger partial charge in [-0.25, -0.2) is 0 Å². The molecule has 2 aromatic rings. The zero-order chi connectivity index (χ0) is 21.6. The van der Waals surface area contributed by atoms with Crippen LogP contribution < -0.4 is 10.6 Å². The molecule has 2 N–H and O–H groups in total. The molecule has 1 unspecified atom stereocenters. The lowest BCUT2D eigenvalue weighted by atomic mass is 10.0. The number of nitrogens with zero attached hydrogens (tertiary/aromatic N) is 1. The Morgan fingerprint density at radius 3 is 2.24 bits per heavy atom. The minimum absolute atomic E-state index is 0.161. The molecule has 0 aliphatic carbocycles. The number of anilines is 1. The molecular formula is C21H23Cl2N3O3. The van der Waals surface area contributed by atoms with E-state index in [0.717, 1.165) is 0 Å². The summed E-state index contributed by atoms with van der Waals surface area (Å²) in [5, 5.41) is 6.45. The third-order valence-corrected chi connectivity index (χ3v) is 4.68. The highest BCUT2D eigenvalue weighted by Gasteiger charge is 2.28. The second-order valence-electron chi connectivity index (χ2n) is 6.95. The number of amides is 3. The van der Waals surface area contributed by atoms with Crippen LogP contribution in [0.1, 0.15) is 24.2 Å². The van der Waals surface area contributed by atoms with E-state index in [-0.39, 0.29) is 30.2 Å². The van der Waals surface area contributed by atoms with Crippen molar-refractivity contribution in [2.75, 3.05) is 18.9 Å². The van der Waals surface area contributed by atoms with Crippen molar-refractivity contribution >= 4 is 46.6 Å². The van der Waals surface area contributed by atoms with Crippen LogP contribution in [0, 0.1) is 5.92 Å². The summed E-state index contributed by atoms with van der Waals surface area (Å²) in [6.07, 6.45) is 0. The Bertz CT molecular complexity index is 885. The number of likely N-dealkylation sites (N-methyl/N-ethyl adjacent to an activating group) is 1. The SMILES string of the molecule is CC(C)C(NC(=O)c1ccc(Cl)cc1)C(=O)N(C)CC(=O)Nc1cccc(Cl)c1. The van der Waals surface area contributed by atoms with Crippen LogP contribution in [0.4, 0.5) is 5.69 Å². The maximum Gasteiger partial charge on any atom is 0.251 e. The monoisotopic (exact) mass is 435 g/mol. The molecule has 0 heterocycles. The number of carbonyl (C=O) groups excluding carboxylic acids is 3. The van der Waals surface area contributed by atoms with Crippen molar-refractivity contribution in [3.05, 3.63) is 64.1 Å². The lowest BCUT2D eigenvalue weighted by Crippen LogP contribution is -2.51. The van der Waals surface area contributed by atoms with Crippen LogP contribution in [0.2, 0.25) is 10.0 Å². The zero-order valence-electron chi connectivity index (χ0n) is 16.4. The van der Waals surface area contributed by atoms with Crippen molar-refractivity contribution in [2.24, 2.45) is 5.92 Å². The first-order chi connectivity index (χ1) is 13.7. The third-order valence-electron chi connectivity index (χ3n) is 4.19. The molecule has 0 spiro atoms. The zero-order valence-corrected chi connectivity index (χ0v) is 17.9. The molecule has 6 nitrogen and oxygen atoms in total. The fourth-order valence-electron chi connectivity index (χ4n) is 2.64. The molecule has 0 saturated carbocycles. The second-order valence-corrected chi connectivity index (χ2v) is 7.83. The number of hydrogen-bond donors (Lipinski definition) is 2. The van der Waals surface area contributed by atoms with Crippen LogP contribution in [0.15, 0.2) is 48.5 Å². The van der Waals surface area contributed by atoms with Gasteiger partial charge in [-0.2, -0.15) is 0 Å². The van der Waals surface area contributed by atoms with Gasteiger partial charge in [0.15, 0.2) is 0 Å². The summed E-state index contributed by atoms with van der Waals surface area (Å²) in [6, 6.07) is 12.3. The lowest BCUT2D eigenvalue weighted by molar-refractivity contribution is -0.135. The molecule has 3 amide bonds. The summed E-state index contributed by atoms with van der Waals surface area (Å²) >= 11 is 11.7. The minimum atomic E-state index is -0.776. The lowest BCUT2D eigenvalue weighted by Gasteiger charge is -2.26. The van der Waals surface area contributed by atoms with E-state index >= 15 is 0 Å². The Morgan fingerprint density at radius 2 is 1.66 bits per heavy atom. The number of hydrogen-bond acceptors (Lipinski definition) is 3. The first-order valence-corrected chi connectivity index (χ1v) is 9.79. The van der Waals surface area contributed by atoms with Crippen molar-refractivity contribution in [3.63, 3.8) is 0 Å². The van der Waals surface area contributed by atoms with E-state index in [1.54, 1.807) is 48.5 Å². The quantitative estimate of drug-likeness (QED) is 0.692. The normalized spacial score (nSPS) is 11.7. The molecular weight excluding hydrogens is 413 g/mol. The largest absolute Gasteiger partial charge is 0.340 e. The average molecular weight is 436 g/mol. The van der Waals surface area contributed by atoms with Gasteiger partial charge in [0.05, 0.1) is 6.54 Å². The number of nitrogens with one attached hydrogen (secondary N) is 2. The second kappa shape index (κ2) is 10.3. The van der Waals surface area contributed by atoms with E-state index in [1.165, 1.54) is 11.9 Å². The van der Waals surface area contributed by atoms with Crippen LogP contribution in [-0.2, 0) is 9.59 Å². The fraction of sp³-hybridized carbons (Fsp3) is 0.286. The molecule has 8 heteroatoms. The standard InChI is InChI=1S/C21H23Cl2N3O3/c1-13(2)19(25-20(28)14-7-9-15(22)10-8-14)21(29)26(3)12-18(27)24-17-6-4-5-16(23)11-17/h4-11,13,19H,12H2,1-3H3,(H,24,27)(H,25,28). The first-order valence-electron chi connectivity index (χ1n) is 9.04. The molecule has 154 valence electrons. The Balaban J connectivity index is 2.00. The van der Waals surface area contributed by atoms with E-state index in [4.69, 9.17) is 23.2 Å². The van der Waals surface area contributed by atoms with Crippen molar-refractivity contribution in [1.29, 1.82) is 0 Å². The molecule has 0 aromatic heterocycles. The molecule has 29 heavy (non-hydrogen) atoms. The topological polar surface area (TPSA) is 78.5 Å². The van der Waals surface area contributed by atoms with Gasteiger partial charge in [0.2, 0.25) is 11.8 Å². The summed E-state index contributed by atoms with van der Waals surface area (Å²) in [4.78, 5) is 38.9. The van der Waals surface area contributed by atoms with E-state index in [2.05, 4.69) is 10.6 Å². The predicted molar refractivity (Wildman–Crippen MR) is 115 cm³/mol. The van der Waals surface area contributed by atoms with Gasteiger partial charge in [-0.05, 0) is 48.4 Å². The molecule has 0 radical (unpaired) electrons. The number of halogens is 2. The van der Waals surface area contributed by atoms with Crippen LogP contribution in [0.25, 0.3) is 0 Å². The molecule has 0 aliphatic heterocycles. The van der Waals surface area contributed by atoms with Gasteiger partial charge in [-0.15, -0.1) is 0 Å². The molecule has 2 aromatic carbocycles.